The lowest BCUT2D eigenvalue weighted by Gasteiger charge is -2.10. The van der Waals surface area contributed by atoms with Crippen LogP contribution in [-0.2, 0) is 0 Å². The summed E-state index contributed by atoms with van der Waals surface area (Å²) in [6, 6.07) is 41.5. The molecule has 0 aliphatic rings. The van der Waals surface area contributed by atoms with Gasteiger partial charge >= 0.3 is 0 Å². The molecule has 0 spiro atoms. The standard InChI is InChI=1S/C36H23N5/c1-2-14-33-28(9-1)29-20-22-37-23-34(29)41(33)35-15-5-13-32(40-35)31-12-4-11-30(39-31)25-18-16-24(17-19-25)27-10-3-7-26-8-6-21-38-36(26)27/h1-23H. The van der Waals surface area contributed by atoms with Crippen LogP contribution in [0.1, 0.15) is 0 Å². The molecule has 5 heteroatoms. The summed E-state index contributed by atoms with van der Waals surface area (Å²) in [6.07, 6.45) is 5.58. The van der Waals surface area contributed by atoms with Gasteiger partial charge in [-0.3, -0.25) is 14.5 Å². The Labute approximate surface area is 236 Å². The topological polar surface area (TPSA) is 56.5 Å². The fourth-order valence-corrected chi connectivity index (χ4v) is 5.65. The molecule has 0 amide bonds. The number of para-hydroxylation sites is 2. The summed E-state index contributed by atoms with van der Waals surface area (Å²) in [5, 5.41) is 3.47. The van der Waals surface area contributed by atoms with Gasteiger partial charge in [0.2, 0.25) is 0 Å². The van der Waals surface area contributed by atoms with Crippen molar-refractivity contribution in [1.29, 1.82) is 0 Å². The molecule has 0 saturated carbocycles. The molecule has 5 heterocycles. The quantitative estimate of drug-likeness (QED) is 0.231. The van der Waals surface area contributed by atoms with E-state index in [0.29, 0.717) is 0 Å². The van der Waals surface area contributed by atoms with E-state index in [0.717, 1.165) is 66.9 Å². The number of hydrogen-bond acceptors (Lipinski definition) is 4. The lowest BCUT2D eigenvalue weighted by Crippen LogP contribution is -1.99. The summed E-state index contributed by atoms with van der Waals surface area (Å²) in [7, 11) is 0. The van der Waals surface area contributed by atoms with Crippen LogP contribution in [0, 0.1) is 0 Å². The number of fused-ring (bicyclic) bond motifs is 4. The average molecular weight is 526 g/mol. The van der Waals surface area contributed by atoms with Crippen LogP contribution in [0.3, 0.4) is 0 Å². The number of hydrogen-bond donors (Lipinski definition) is 0. The van der Waals surface area contributed by atoms with Crippen molar-refractivity contribution in [3.05, 3.63) is 140 Å². The molecule has 0 bridgehead atoms. The zero-order chi connectivity index (χ0) is 27.2. The molecule has 0 fully saturated rings. The van der Waals surface area contributed by atoms with E-state index in [1.807, 2.05) is 61.1 Å². The zero-order valence-corrected chi connectivity index (χ0v) is 22.0. The van der Waals surface area contributed by atoms with Gasteiger partial charge in [-0.25, -0.2) is 9.97 Å². The second-order valence-electron chi connectivity index (χ2n) is 9.99. The highest BCUT2D eigenvalue weighted by atomic mass is 15.1. The third-order valence-electron chi connectivity index (χ3n) is 7.58. The molecule has 0 atom stereocenters. The highest BCUT2D eigenvalue weighted by molar-refractivity contribution is 6.08. The van der Waals surface area contributed by atoms with Crippen molar-refractivity contribution in [2.45, 2.75) is 0 Å². The Morgan fingerprint density at radius 3 is 2.15 bits per heavy atom. The van der Waals surface area contributed by atoms with Gasteiger partial charge < -0.3 is 0 Å². The van der Waals surface area contributed by atoms with E-state index in [2.05, 4.69) is 93.4 Å². The Kier molecular flexibility index (Phi) is 5.38. The van der Waals surface area contributed by atoms with Crippen LogP contribution >= 0.6 is 0 Å². The van der Waals surface area contributed by atoms with Crippen LogP contribution in [0.2, 0.25) is 0 Å². The van der Waals surface area contributed by atoms with Gasteiger partial charge in [-0.1, -0.05) is 78.9 Å². The van der Waals surface area contributed by atoms with Crippen LogP contribution in [-0.4, -0.2) is 24.5 Å². The Morgan fingerprint density at radius 1 is 0.488 bits per heavy atom. The number of rotatable bonds is 4. The summed E-state index contributed by atoms with van der Waals surface area (Å²) in [5.74, 6) is 0.835. The first kappa shape index (κ1) is 23.2. The van der Waals surface area contributed by atoms with Crippen molar-refractivity contribution < 1.29 is 0 Å². The highest BCUT2D eigenvalue weighted by Gasteiger charge is 2.14. The van der Waals surface area contributed by atoms with Crippen LogP contribution in [0.15, 0.2) is 140 Å². The van der Waals surface area contributed by atoms with Gasteiger partial charge in [0, 0.05) is 39.7 Å². The monoisotopic (exact) mass is 525 g/mol. The molecule has 3 aromatic carbocycles. The van der Waals surface area contributed by atoms with E-state index in [1.165, 1.54) is 5.39 Å². The fraction of sp³-hybridized carbons (Fsp3) is 0. The molecule has 0 unspecified atom stereocenters. The number of pyridine rings is 4. The Balaban J connectivity index is 1.17. The largest absolute Gasteiger partial charge is 0.292 e. The van der Waals surface area contributed by atoms with Gasteiger partial charge in [-0.05, 0) is 48.0 Å². The first-order chi connectivity index (χ1) is 20.3. The molecule has 0 aliphatic carbocycles. The normalized spacial score (nSPS) is 11.4. The van der Waals surface area contributed by atoms with Gasteiger partial charge in [0.25, 0.3) is 0 Å². The van der Waals surface area contributed by atoms with Crippen LogP contribution in [0.5, 0.6) is 0 Å². The molecule has 8 aromatic rings. The highest BCUT2D eigenvalue weighted by Crippen LogP contribution is 2.32. The SMILES string of the molecule is c1cc(-c2ccc(-c3cccc4cccnc34)cc2)nc(-c2cccc(-n3c4ccccc4c4ccncc43)n2)c1. The summed E-state index contributed by atoms with van der Waals surface area (Å²) >= 11 is 0. The fourth-order valence-electron chi connectivity index (χ4n) is 5.65. The second kappa shape index (κ2) is 9.50. The van der Waals surface area contributed by atoms with Crippen LogP contribution in [0.25, 0.3) is 72.3 Å². The van der Waals surface area contributed by atoms with E-state index in [-0.39, 0.29) is 0 Å². The lowest BCUT2D eigenvalue weighted by atomic mass is 10.00. The zero-order valence-electron chi connectivity index (χ0n) is 22.0. The Hall–Kier alpha value is -5.68. The van der Waals surface area contributed by atoms with Crippen molar-refractivity contribution in [3.63, 3.8) is 0 Å². The Morgan fingerprint density at radius 2 is 1.22 bits per heavy atom. The second-order valence-corrected chi connectivity index (χ2v) is 9.99. The molecule has 5 aromatic heterocycles. The van der Waals surface area contributed by atoms with E-state index in [9.17, 15) is 0 Å². The molecular weight excluding hydrogens is 502 g/mol. The third kappa shape index (κ3) is 3.95. The van der Waals surface area contributed by atoms with Crippen molar-refractivity contribution in [2.24, 2.45) is 0 Å². The summed E-state index contributed by atoms with van der Waals surface area (Å²) in [6.45, 7) is 0. The third-order valence-corrected chi connectivity index (χ3v) is 7.58. The van der Waals surface area contributed by atoms with Crippen molar-refractivity contribution in [1.82, 2.24) is 24.5 Å². The summed E-state index contributed by atoms with van der Waals surface area (Å²) in [5.41, 5.74) is 8.98. The number of benzene rings is 3. The summed E-state index contributed by atoms with van der Waals surface area (Å²) in [4.78, 5) is 19.1. The molecular formula is C36H23N5. The van der Waals surface area contributed by atoms with Gasteiger partial charge in [0.05, 0.1) is 39.8 Å². The molecule has 192 valence electrons. The van der Waals surface area contributed by atoms with E-state index in [4.69, 9.17) is 9.97 Å². The average Bonchev–Trinajstić information content (AvgIpc) is 3.39. The first-order valence-electron chi connectivity index (χ1n) is 13.6. The first-order valence-corrected chi connectivity index (χ1v) is 13.6. The Bertz CT molecular complexity index is 2150. The van der Waals surface area contributed by atoms with Gasteiger partial charge in [0.15, 0.2) is 0 Å². The van der Waals surface area contributed by atoms with E-state index in [1.54, 1.807) is 0 Å². The van der Waals surface area contributed by atoms with Crippen molar-refractivity contribution in [2.75, 3.05) is 0 Å². The molecule has 0 saturated heterocycles. The molecule has 5 nitrogen and oxygen atoms in total. The van der Waals surface area contributed by atoms with Gasteiger partial charge in [-0.15, -0.1) is 0 Å². The maximum Gasteiger partial charge on any atom is 0.138 e. The molecule has 8 rings (SSSR count). The van der Waals surface area contributed by atoms with E-state index < -0.39 is 0 Å². The van der Waals surface area contributed by atoms with Crippen LogP contribution in [0.4, 0.5) is 0 Å². The van der Waals surface area contributed by atoms with Crippen molar-refractivity contribution in [3.8, 4) is 39.6 Å². The molecule has 0 radical (unpaired) electrons. The number of nitrogens with zero attached hydrogens (tertiary/aromatic N) is 5. The molecule has 0 aliphatic heterocycles. The van der Waals surface area contributed by atoms with Gasteiger partial charge in [-0.2, -0.15) is 0 Å². The van der Waals surface area contributed by atoms with Gasteiger partial charge in [0.1, 0.15) is 5.82 Å². The summed E-state index contributed by atoms with van der Waals surface area (Å²) < 4.78 is 2.17. The van der Waals surface area contributed by atoms with Crippen molar-refractivity contribution >= 4 is 32.7 Å². The lowest BCUT2D eigenvalue weighted by molar-refractivity contribution is 1.07. The smallest absolute Gasteiger partial charge is 0.138 e. The maximum absolute atomic E-state index is 5.07. The minimum atomic E-state index is 0.817. The predicted octanol–water partition coefficient (Wildman–Crippen LogP) is 8.52. The minimum absolute atomic E-state index is 0.817. The van der Waals surface area contributed by atoms with E-state index >= 15 is 0 Å². The predicted molar refractivity (Wildman–Crippen MR) is 166 cm³/mol. The number of aromatic nitrogens is 5. The molecule has 41 heavy (non-hydrogen) atoms. The molecule has 0 N–H and O–H groups in total. The van der Waals surface area contributed by atoms with Crippen LogP contribution < -0.4 is 0 Å². The minimum Gasteiger partial charge on any atom is -0.292 e. The maximum atomic E-state index is 5.07.